The summed E-state index contributed by atoms with van der Waals surface area (Å²) in [7, 11) is 0. The normalized spacial score (nSPS) is 10.8. The van der Waals surface area contributed by atoms with E-state index in [0.717, 1.165) is 5.56 Å². The second kappa shape index (κ2) is 11.1. The van der Waals surface area contributed by atoms with Crippen molar-refractivity contribution in [2.45, 2.75) is 58.7 Å². The molecule has 0 fully saturated rings. The van der Waals surface area contributed by atoms with Gasteiger partial charge in [0.15, 0.2) is 5.78 Å². The van der Waals surface area contributed by atoms with Crippen LogP contribution < -0.4 is 0 Å². The molecule has 7 nitrogen and oxygen atoms in total. The molecule has 0 atom stereocenters. The fraction of sp³-hybridized carbons (Fsp3) is 0.500. The lowest BCUT2D eigenvalue weighted by atomic mass is 10.2. The number of hydrogen-bond acceptors (Lipinski definition) is 7. The summed E-state index contributed by atoms with van der Waals surface area (Å²) in [6.45, 7) is 4.90. The minimum atomic E-state index is -0.666. The molecule has 0 N–H and O–H groups in total. The van der Waals surface area contributed by atoms with Crippen LogP contribution in [0.3, 0.4) is 0 Å². The molecule has 0 aliphatic heterocycles. The van der Waals surface area contributed by atoms with Crippen LogP contribution in [0, 0.1) is 0 Å². The van der Waals surface area contributed by atoms with E-state index in [0.29, 0.717) is 0 Å². The van der Waals surface area contributed by atoms with E-state index in [1.165, 1.54) is 0 Å². The summed E-state index contributed by atoms with van der Waals surface area (Å²) in [4.78, 5) is 46.3. The van der Waals surface area contributed by atoms with E-state index in [4.69, 9.17) is 14.2 Å². The fourth-order valence-corrected chi connectivity index (χ4v) is 1.95. The van der Waals surface area contributed by atoms with Crippen molar-refractivity contribution >= 4 is 23.7 Å². The maximum Gasteiger partial charge on any atom is 0.306 e. The summed E-state index contributed by atoms with van der Waals surface area (Å²) in [5.41, 5.74) is 0.239. The Labute approximate surface area is 159 Å². The van der Waals surface area contributed by atoms with Crippen molar-refractivity contribution in [3.63, 3.8) is 0 Å². The van der Waals surface area contributed by atoms with Gasteiger partial charge in [-0.15, -0.1) is 0 Å². The third-order valence-electron chi connectivity index (χ3n) is 3.20. The van der Waals surface area contributed by atoms with Crippen LogP contribution in [0.15, 0.2) is 30.3 Å². The Morgan fingerprint density at radius 1 is 0.778 bits per heavy atom. The number of hydrogen-bond donors (Lipinski definition) is 0. The smallest absolute Gasteiger partial charge is 0.306 e. The standard InChI is InChI=1S/C20H26O7/c1-20(2,3)27-19(24)12-11-18(23)26-14-16(21)9-10-17(22)25-13-15-7-5-4-6-8-15/h4-8H,9-14H2,1-3H3. The van der Waals surface area contributed by atoms with Crippen LogP contribution in [0.4, 0.5) is 0 Å². The van der Waals surface area contributed by atoms with E-state index in [1.54, 1.807) is 20.8 Å². The average molecular weight is 378 g/mol. The quantitative estimate of drug-likeness (QED) is 0.456. The van der Waals surface area contributed by atoms with E-state index < -0.39 is 35.9 Å². The van der Waals surface area contributed by atoms with E-state index in [2.05, 4.69) is 0 Å². The third kappa shape index (κ3) is 11.5. The number of ether oxygens (including phenoxy) is 3. The molecule has 1 aromatic carbocycles. The molecule has 1 rings (SSSR count). The Hall–Kier alpha value is -2.70. The molecule has 0 unspecified atom stereocenters. The van der Waals surface area contributed by atoms with Crippen molar-refractivity contribution in [2.24, 2.45) is 0 Å². The van der Waals surface area contributed by atoms with E-state index in [1.807, 2.05) is 30.3 Å². The molecule has 27 heavy (non-hydrogen) atoms. The van der Waals surface area contributed by atoms with Gasteiger partial charge in [0, 0.05) is 6.42 Å². The number of ketones is 1. The van der Waals surface area contributed by atoms with Gasteiger partial charge >= 0.3 is 17.9 Å². The lowest BCUT2D eigenvalue weighted by Crippen LogP contribution is -2.24. The van der Waals surface area contributed by atoms with Gasteiger partial charge in [-0.05, 0) is 26.3 Å². The molecule has 0 saturated carbocycles. The van der Waals surface area contributed by atoms with Crippen LogP contribution in [0.1, 0.15) is 52.0 Å². The van der Waals surface area contributed by atoms with Crippen LogP contribution in [0.2, 0.25) is 0 Å². The van der Waals surface area contributed by atoms with Crippen molar-refractivity contribution in [1.82, 2.24) is 0 Å². The number of esters is 3. The maximum absolute atomic E-state index is 11.7. The van der Waals surface area contributed by atoms with Gasteiger partial charge in [0.25, 0.3) is 0 Å². The molecule has 0 radical (unpaired) electrons. The van der Waals surface area contributed by atoms with Gasteiger partial charge in [-0.3, -0.25) is 19.2 Å². The Morgan fingerprint density at radius 3 is 1.96 bits per heavy atom. The first kappa shape index (κ1) is 22.3. The van der Waals surface area contributed by atoms with Crippen LogP contribution in [0.5, 0.6) is 0 Å². The predicted molar refractivity (Wildman–Crippen MR) is 96.5 cm³/mol. The van der Waals surface area contributed by atoms with Gasteiger partial charge in [0.1, 0.15) is 18.8 Å². The summed E-state index contributed by atoms with van der Waals surface area (Å²) < 4.78 is 14.9. The average Bonchev–Trinajstić information content (AvgIpc) is 2.60. The highest BCUT2D eigenvalue weighted by atomic mass is 16.6. The molecule has 0 spiro atoms. The van der Waals surface area contributed by atoms with Gasteiger partial charge in [-0.1, -0.05) is 30.3 Å². The molecule has 7 heteroatoms. The molecular weight excluding hydrogens is 352 g/mol. The Bertz CT molecular complexity index is 644. The number of carbonyl (C=O) groups excluding carboxylic acids is 4. The van der Waals surface area contributed by atoms with E-state index in [9.17, 15) is 19.2 Å². The van der Waals surface area contributed by atoms with Gasteiger partial charge in [0.05, 0.1) is 19.3 Å². The van der Waals surface area contributed by atoms with Crippen LogP contribution in [-0.2, 0) is 40.0 Å². The van der Waals surface area contributed by atoms with Crippen molar-refractivity contribution in [3.8, 4) is 0 Å². The minimum absolute atomic E-state index is 0.0764. The fourth-order valence-electron chi connectivity index (χ4n) is 1.95. The number of Topliss-reactive ketones (excluding diaryl/α,β-unsaturated/α-hetero) is 1. The van der Waals surface area contributed by atoms with Crippen LogP contribution in [-0.4, -0.2) is 35.9 Å². The molecule has 0 aliphatic carbocycles. The second-order valence-corrected chi connectivity index (χ2v) is 6.93. The summed E-state index contributed by atoms with van der Waals surface area (Å²) in [6, 6.07) is 9.19. The molecule has 0 amide bonds. The number of benzene rings is 1. The third-order valence-corrected chi connectivity index (χ3v) is 3.20. The van der Waals surface area contributed by atoms with Gasteiger partial charge in [-0.2, -0.15) is 0 Å². The minimum Gasteiger partial charge on any atom is -0.461 e. The van der Waals surface area contributed by atoms with Crippen LogP contribution in [0.25, 0.3) is 0 Å². The first-order valence-electron chi connectivity index (χ1n) is 8.74. The molecule has 1 aromatic rings. The SMILES string of the molecule is CC(C)(C)OC(=O)CCC(=O)OCC(=O)CCC(=O)OCc1ccccc1. The molecular formula is C20H26O7. The summed E-state index contributed by atoms with van der Waals surface area (Å²) in [5, 5.41) is 0. The number of rotatable bonds is 10. The second-order valence-electron chi connectivity index (χ2n) is 6.93. The zero-order valence-electron chi connectivity index (χ0n) is 16.0. The van der Waals surface area contributed by atoms with E-state index in [-0.39, 0.29) is 32.3 Å². The maximum atomic E-state index is 11.7. The zero-order chi connectivity index (χ0) is 20.3. The van der Waals surface area contributed by atoms with Gasteiger partial charge in [0.2, 0.25) is 0 Å². The lowest BCUT2D eigenvalue weighted by Gasteiger charge is -2.19. The summed E-state index contributed by atoms with van der Waals surface area (Å²) >= 11 is 0. The first-order valence-corrected chi connectivity index (χ1v) is 8.74. The van der Waals surface area contributed by atoms with Crippen LogP contribution >= 0.6 is 0 Å². The monoisotopic (exact) mass is 378 g/mol. The Balaban J connectivity index is 2.14. The van der Waals surface area contributed by atoms with Gasteiger partial charge in [-0.25, -0.2) is 0 Å². The van der Waals surface area contributed by atoms with Crippen molar-refractivity contribution < 1.29 is 33.4 Å². The first-order chi connectivity index (χ1) is 12.7. The largest absolute Gasteiger partial charge is 0.461 e. The highest BCUT2D eigenvalue weighted by Crippen LogP contribution is 2.09. The van der Waals surface area contributed by atoms with Crippen molar-refractivity contribution in [2.75, 3.05) is 6.61 Å². The molecule has 0 heterocycles. The predicted octanol–water partition coefficient (Wildman–Crippen LogP) is 2.74. The Morgan fingerprint density at radius 2 is 1.33 bits per heavy atom. The summed E-state index contributed by atoms with van der Waals surface area (Å²) in [5.74, 6) is -2.06. The highest BCUT2D eigenvalue weighted by molar-refractivity contribution is 5.86. The molecule has 0 bridgehead atoms. The molecule has 0 aliphatic rings. The topological polar surface area (TPSA) is 96.0 Å². The molecule has 148 valence electrons. The Kier molecular flexibility index (Phi) is 9.19. The number of carbonyl (C=O) groups is 4. The molecule has 0 aromatic heterocycles. The highest BCUT2D eigenvalue weighted by Gasteiger charge is 2.18. The molecule has 0 saturated heterocycles. The van der Waals surface area contributed by atoms with Crippen molar-refractivity contribution in [3.05, 3.63) is 35.9 Å². The zero-order valence-corrected chi connectivity index (χ0v) is 16.0. The van der Waals surface area contributed by atoms with E-state index >= 15 is 0 Å². The lowest BCUT2D eigenvalue weighted by molar-refractivity contribution is -0.158. The van der Waals surface area contributed by atoms with Crippen molar-refractivity contribution in [1.29, 1.82) is 0 Å². The van der Waals surface area contributed by atoms with Gasteiger partial charge < -0.3 is 14.2 Å². The summed E-state index contributed by atoms with van der Waals surface area (Å²) in [6.07, 6.45) is -0.439.